The fourth-order valence-electron chi connectivity index (χ4n) is 1.60. The quantitative estimate of drug-likeness (QED) is 0.894. The van der Waals surface area contributed by atoms with E-state index in [2.05, 4.69) is 11.9 Å². The first kappa shape index (κ1) is 11.2. The molecule has 0 saturated heterocycles. The van der Waals surface area contributed by atoms with Gasteiger partial charge >= 0.3 is 0 Å². The van der Waals surface area contributed by atoms with Gasteiger partial charge in [-0.25, -0.2) is 4.98 Å². The minimum absolute atomic E-state index is 0.266. The summed E-state index contributed by atoms with van der Waals surface area (Å²) >= 11 is 5.66. The van der Waals surface area contributed by atoms with Crippen molar-refractivity contribution in [1.82, 2.24) is 9.55 Å². The van der Waals surface area contributed by atoms with Gasteiger partial charge < -0.3 is 14.1 Å². The standard InChI is InChI=1S/C11H13ClN2O2/c1-2-6-14-7-5-13-11(14)10(15)8-3-4-9(12)16-8/h3-5,7,10,15H,2,6H2,1H3. The van der Waals surface area contributed by atoms with Crippen LogP contribution >= 0.6 is 11.6 Å². The Morgan fingerprint density at radius 3 is 3.00 bits per heavy atom. The van der Waals surface area contributed by atoms with Gasteiger partial charge in [-0.1, -0.05) is 6.92 Å². The first-order chi connectivity index (χ1) is 7.72. The zero-order valence-electron chi connectivity index (χ0n) is 8.93. The van der Waals surface area contributed by atoms with Gasteiger partial charge in [-0.15, -0.1) is 0 Å². The molecule has 0 amide bonds. The van der Waals surface area contributed by atoms with Crippen LogP contribution in [-0.4, -0.2) is 14.7 Å². The maximum Gasteiger partial charge on any atom is 0.193 e. The Balaban J connectivity index is 2.26. The highest BCUT2D eigenvalue weighted by atomic mass is 35.5. The number of hydrogen-bond donors (Lipinski definition) is 1. The number of aliphatic hydroxyl groups excluding tert-OH is 1. The van der Waals surface area contributed by atoms with Crippen LogP contribution in [0.3, 0.4) is 0 Å². The molecule has 0 spiro atoms. The SMILES string of the molecule is CCCn1ccnc1C(O)c1ccc(Cl)o1. The van der Waals surface area contributed by atoms with Gasteiger partial charge in [-0.2, -0.15) is 0 Å². The van der Waals surface area contributed by atoms with Crippen molar-refractivity contribution in [3.8, 4) is 0 Å². The summed E-state index contributed by atoms with van der Waals surface area (Å²) in [5.41, 5.74) is 0. The van der Waals surface area contributed by atoms with E-state index in [9.17, 15) is 5.11 Å². The predicted octanol–water partition coefficient (Wildman–Crippen LogP) is 2.62. The molecule has 2 heterocycles. The molecular weight excluding hydrogens is 228 g/mol. The third-order valence-electron chi connectivity index (χ3n) is 2.32. The molecule has 4 nitrogen and oxygen atoms in total. The van der Waals surface area contributed by atoms with Gasteiger partial charge in [0.25, 0.3) is 0 Å². The number of imidazole rings is 1. The second-order valence-corrected chi connectivity index (χ2v) is 3.90. The monoisotopic (exact) mass is 240 g/mol. The Kier molecular flexibility index (Phi) is 3.31. The van der Waals surface area contributed by atoms with Crippen LogP contribution < -0.4 is 0 Å². The number of hydrogen-bond acceptors (Lipinski definition) is 3. The van der Waals surface area contributed by atoms with Gasteiger partial charge in [-0.3, -0.25) is 0 Å². The molecule has 2 rings (SSSR count). The van der Waals surface area contributed by atoms with Crippen molar-refractivity contribution in [2.24, 2.45) is 0 Å². The lowest BCUT2D eigenvalue weighted by molar-refractivity contribution is 0.175. The number of furan rings is 1. The van der Waals surface area contributed by atoms with Crippen molar-refractivity contribution < 1.29 is 9.52 Å². The molecule has 86 valence electrons. The van der Waals surface area contributed by atoms with E-state index in [0.29, 0.717) is 11.6 Å². The molecule has 0 aliphatic heterocycles. The van der Waals surface area contributed by atoms with Gasteiger partial charge in [0.1, 0.15) is 11.6 Å². The summed E-state index contributed by atoms with van der Waals surface area (Å²) in [7, 11) is 0. The first-order valence-corrected chi connectivity index (χ1v) is 5.54. The van der Waals surface area contributed by atoms with Crippen LogP contribution in [0.2, 0.25) is 5.22 Å². The molecule has 1 N–H and O–H groups in total. The Morgan fingerprint density at radius 2 is 2.38 bits per heavy atom. The van der Waals surface area contributed by atoms with Crippen LogP contribution in [0.1, 0.15) is 31.0 Å². The summed E-state index contributed by atoms with van der Waals surface area (Å²) in [5, 5.41) is 10.3. The van der Waals surface area contributed by atoms with Crippen molar-refractivity contribution >= 4 is 11.6 Å². The molecule has 0 aromatic carbocycles. The molecule has 0 aliphatic carbocycles. The average Bonchev–Trinajstić information content (AvgIpc) is 2.87. The van der Waals surface area contributed by atoms with Gasteiger partial charge in [-0.05, 0) is 30.2 Å². The maximum absolute atomic E-state index is 10.1. The molecule has 1 atom stereocenters. The molecular formula is C11H13ClN2O2. The molecule has 0 aliphatic rings. The molecule has 5 heteroatoms. The van der Waals surface area contributed by atoms with E-state index < -0.39 is 6.10 Å². The van der Waals surface area contributed by atoms with Crippen LogP contribution in [0.15, 0.2) is 28.9 Å². The minimum atomic E-state index is -0.867. The fraction of sp³-hybridized carbons (Fsp3) is 0.364. The molecule has 0 bridgehead atoms. The highest BCUT2D eigenvalue weighted by Gasteiger charge is 2.19. The first-order valence-electron chi connectivity index (χ1n) is 5.16. The number of aryl methyl sites for hydroxylation is 1. The van der Waals surface area contributed by atoms with Crippen molar-refractivity contribution in [3.05, 3.63) is 41.3 Å². The predicted molar refractivity (Wildman–Crippen MR) is 60.3 cm³/mol. The lowest BCUT2D eigenvalue weighted by atomic mass is 10.2. The van der Waals surface area contributed by atoms with E-state index in [4.69, 9.17) is 16.0 Å². The Labute approximate surface area is 98.5 Å². The number of halogens is 1. The third-order valence-corrected chi connectivity index (χ3v) is 2.52. The summed E-state index contributed by atoms with van der Waals surface area (Å²) in [6.07, 6.45) is 3.62. The zero-order valence-corrected chi connectivity index (χ0v) is 9.68. The van der Waals surface area contributed by atoms with Crippen molar-refractivity contribution in [2.75, 3.05) is 0 Å². The van der Waals surface area contributed by atoms with E-state index in [0.717, 1.165) is 13.0 Å². The largest absolute Gasteiger partial charge is 0.446 e. The Bertz CT molecular complexity index is 464. The van der Waals surface area contributed by atoms with Crippen molar-refractivity contribution in [3.63, 3.8) is 0 Å². The maximum atomic E-state index is 10.1. The Hall–Kier alpha value is -1.26. The van der Waals surface area contributed by atoms with E-state index in [1.165, 1.54) is 0 Å². The minimum Gasteiger partial charge on any atom is -0.446 e. The number of aromatic nitrogens is 2. The third kappa shape index (κ3) is 2.13. The number of aliphatic hydroxyl groups is 1. The van der Waals surface area contributed by atoms with Gasteiger partial charge in [0, 0.05) is 18.9 Å². The van der Waals surface area contributed by atoms with Crippen LogP contribution in [0.4, 0.5) is 0 Å². The fourth-order valence-corrected chi connectivity index (χ4v) is 1.75. The van der Waals surface area contributed by atoms with Crippen LogP contribution in [0.25, 0.3) is 0 Å². The van der Waals surface area contributed by atoms with Crippen LogP contribution in [0, 0.1) is 0 Å². The number of rotatable bonds is 4. The lowest BCUT2D eigenvalue weighted by Crippen LogP contribution is -2.08. The molecule has 0 fully saturated rings. The summed E-state index contributed by atoms with van der Waals surface area (Å²) in [4.78, 5) is 4.13. The molecule has 0 saturated carbocycles. The normalized spacial score (nSPS) is 12.9. The van der Waals surface area contributed by atoms with E-state index in [1.807, 2.05) is 10.8 Å². The Morgan fingerprint density at radius 1 is 1.56 bits per heavy atom. The molecule has 16 heavy (non-hydrogen) atoms. The smallest absolute Gasteiger partial charge is 0.193 e. The van der Waals surface area contributed by atoms with Gasteiger partial charge in [0.2, 0.25) is 0 Å². The van der Waals surface area contributed by atoms with Crippen molar-refractivity contribution in [2.45, 2.75) is 26.0 Å². The average molecular weight is 241 g/mol. The topological polar surface area (TPSA) is 51.2 Å². The van der Waals surface area contributed by atoms with E-state index in [1.54, 1.807) is 18.3 Å². The molecule has 1 unspecified atom stereocenters. The second kappa shape index (κ2) is 4.72. The van der Waals surface area contributed by atoms with Gasteiger partial charge in [0.15, 0.2) is 11.3 Å². The summed E-state index contributed by atoms with van der Waals surface area (Å²) in [5.74, 6) is 0.987. The zero-order chi connectivity index (χ0) is 11.5. The van der Waals surface area contributed by atoms with Crippen LogP contribution in [0.5, 0.6) is 0 Å². The van der Waals surface area contributed by atoms with E-state index >= 15 is 0 Å². The van der Waals surface area contributed by atoms with Gasteiger partial charge in [0.05, 0.1) is 0 Å². The highest BCUT2D eigenvalue weighted by molar-refractivity contribution is 6.28. The number of nitrogens with zero attached hydrogens (tertiary/aromatic N) is 2. The second-order valence-electron chi connectivity index (χ2n) is 3.52. The molecule has 2 aromatic rings. The molecule has 0 radical (unpaired) electrons. The van der Waals surface area contributed by atoms with E-state index in [-0.39, 0.29) is 5.22 Å². The summed E-state index contributed by atoms with van der Waals surface area (Å²) in [6, 6.07) is 3.26. The summed E-state index contributed by atoms with van der Waals surface area (Å²) < 4.78 is 7.07. The molecule has 2 aromatic heterocycles. The van der Waals surface area contributed by atoms with Crippen molar-refractivity contribution in [1.29, 1.82) is 0 Å². The lowest BCUT2D eigenvalue weighted by Gasteiger charge is -2.10. The summed E-state index contributed by atoms with van der Waals surface area (Å²) in [6.45, 7) is 2.89. The van der Waals surface area contributed by atoms with Crippen LogP contribution in [-0.2, 0) is 6.54 Å². The highest BCUT2D eigenvalue weighted by Crippen LogP contribution is 2.24.